The lowest BCUT2D eigenvalue weighted by Gasteiger charge is -2.01. The molecule has 0 aromatic heterocycles. The Hall–Kier alpha value is -1.05. The van der Waals surface area contributed by atoms with E-state index in [1.165, 1.54) is 77.0 Å². The number of aliphatic carboxylic acids is 1. The molecule has 0 fully saturated rings. The molecule has 2 nitrogen and oxygen atoms in total. The first kappa shape index (κ1) is 22.9. The highest BCUT2D eigenvalue weighted by atomic mass is 16.4. The van der Waals surface area contributed by atoms with E-state index >= 15 is 0 Å². The van der Waals surface area contributed by atoms with Gasteiger partial charge in [-0.25, -0.2) is 0 Å². The fraction of sp³-hybridized carbons (Fsp3) is 0.773. The van der Waals surface area contributed by atoms with Gasteiger partial charge in [-0.3, -0.25) is 4.79 Å². The molecule has 0 bridgehead atoms. The molecule has 0 aromatic rings. The van der Waals surface area contributed by atoms with Crippen LogP contribution in [0.2, 0.25) is 0 Å². The van der Waals surface area contributed by atoms with Crippen LogP contribution in [0.15, 0.2) is 24.3 Å². The van der Waals surface area contributed by atoms with Crippen LogP contribution in [0.5, 0.6) is 0 Å². The minimum atomic E-state index is -0.660. The summed E-state index contributed by atoms with van der Waals surface area (Å²) >= 11 is 0. The first-order valence-corrected chi connectivity index (χ1v) is 10.3. The second-order valence-corrected chi connectivity index (χ2v) is 6.79. The highest BCUT2D eigenvalue weighted by Gasteiger charge is 1.96. The summed E-state index contributed by atoms with van der Waals surface area (Å²) in [5, 5.41) is 8.55. The predicted molar refractivity (Wildman–Crippen MR) is 105 cm³/mol. The summed E-state index contributed by atoms with van der Waals surface area (Å²) in [5.41, 5.74) is 0. The van der Waals surface area contributed by atoms with Crippen LogP contribution in [0, 0.1) is 0 Å². The minimum Gasteiger partial charge on any atom is -0.481 e. The van der Waals surface area contributed by atoms with E-state index in [2.05, 4.69) is 31.2 Å². The summed E-state index contributed by atoms with van der Waals surface area (Å²) in [6.07, 6.45) is 28.2. The summed E-state index contributed by atoms with van der Waals surface area (Å²) < 4.78 is 0. The van der Waals surface area contributed by atoms with Gasteiger partial charge in [0.15, 0.2) is 0 Å². The number of hydrogen-bond donors (Lipinski definition) is 1. The number of carboxylic acid groups (broad SMARTS) is 1. The first-order chi connectivity index (χ1) is 11.8. The molecule has 1 N–H and O–H groups in total. The van der Waals surface area contributed by atoms with Crippen LogP contribution in [0.3, 0.4) is 0 Å². The van der Waals surface area contributed by atoms with Crippen LogP contribution < -0.4 is 0 Å². The van der Waals surface area contributed by atoms with Crippen molar-refractivity contribution in [3.63, 3.8) is 0 Å². The molecule has 0 aliphatic carbocycles. The Morgan fingerprint density at radius 3 is 1.62 bits per heavy atom. The molecule has 0 saturated carbocycles. The van der Waals surface area contributed by atoms with E-state index in [-0.39, 0.29) is 0 Å². The highest BCUT2D eigenvalue weighted by molar-refractivity contribution is 5.66. The lowest BCUT2D eigenvalue weighted by atomic mass is 10.1. The van der Waals surface area contributed by atoms with Crippen LogP contribution in [0.1, 0.15) is 110 Å². The SMILES string of the molecule is CCCCCC=CCC=CCCCCCCCCCCCC(=O)O. The molecule has 0 aliphatic heterocycles. The lowest BCUT2D eigenvalue weighted by molar-refractivity contribution is -0.137. The third-order valence-corrected chi connectivity index (χ3v) is 4.34. The Labute approximate surface area is 150 Å². The van der Waals surface area contributed by atoms with Crippen molar-refractivity contribution in [3.05, 3.63) is 24.3 Å². The molecule has 0 aromatic carbocycles. The van der Waals surface area contributed by atoms with Gasteiger partial charge < -0.3 is 5.11 Å². The average Bonchev–Trinajstić information content (AvgIpc) is 2.56. The predicted octanol–water partition coefficient (Wildman–Crippen LogP) is 7.44. The van der Waals surface area contributed by atoms with Crippen molar-refractivity contribution in [2.45, 2.75) is 110 Å². The quantitative estimate of drug-likeness (QED) is 0.208. The van der Waals surface area contributed by atoms with Crippen molar-refractivity contribution in [3.8, 4) is 0 Å². The summed E-state index contributed by atoms with van der Waals surface area (Å²) in [4.78, 5) is 10.4. The second-order valence-electron chi connectivity index (χ2n) is 6.79. The Balaban J connectivity index is 3.14. The molecule has 0 unspecified atom stereocenters. The number of allylic oxidation sites excluding steroid dienone is 4. The zero-order valence-corrected chi connectivity index (χ0v) is 16.0. The fourth-order valence-corrected chi connectivity index (χ4v) is 2.79. The van der Waals surface area contributed by atoms with Gasteiger partial charge in [0, 0.05) is 6.42 Å². The number of unbranched alkanes of at least 4 members (excludes halogenated alkanes) is 12. The lowest BCUT2D eigenvalue weighted by Crippen LogP contribution is -1.93. The van der Waals surface area contributed by atoms with Crippen molar-refractivity contribution in [1.82, 2.24) is 0 Å². The molecule has 140 valence electrons. The molecule has 0 atom stereocenters. The molecule has 0 radical (unpaired) electrons. The van der Waals surface area contributed by atoms with Gasteiger partial charge in [0.2, 0.25) is 0 Å². The van der Waals surface area contributed by atoms with E-state index in [1.807, 2.05) is 0 Å². The van der Waals surface area contributed by atoms with Crippen LogP contribution in [0.4, 0.5) is 0 Å². The van der Waals surface area contributed by atoms with Gasteiger partial charge in [-0.15, -0.1) is 0 Å². The summed E-state index contributed by atoms with van der Waals surface area (Å²) in [5.74, 6) is -0.660. The first-order valence-electron chi connectivity index (χ1n) is 10.3. The van der Waals surface area contributed by atoms with Crippen LogP contribution >= 0.6 is 0 Å². The molecule has 24 heavy (non-hydrogen) atoms. The van der Waals surface area contributed by atoms with Gasteiger partial charge in [0.1, 0.15) is 0 Å². The van der Waals surface area contributed by atoms with E-state index in [9.17, 15) is 4.79 Å². The van der Waals surface area contributed by atoms with Crippen molar-refractivity contribution in [2.24, 2.45) is 0 Å². The van der Waals surface area contributed by atoms with Gasteiger partial charge in [0.25, 0.3) is 0 Å². The number of carbonyl (C=O) groups is 1. The standard InChI is InChI=1S/C22H40O2/c1-2-3-4-5-6-7-8-9-10-11-12-13-14-15-16-17-18-19-20-21-22(23)24/h6-7,9-10H,2-5,8,11-21H2,1H3,(H,23,24). The maximum atomic E-state index is 10.4. The molecule has 0 aliphatic rings. The van der Waals surface area contributed by atoms with Crippen molar-refractivity contribution < 1.29 is 9.90 Å². The van der Waals surface area contributed by atoms with E-state index in [4.69, 9.17) is 5.11 Å². The van der Waals surface area contributed by atoms with Gasteiger partial charge in [-0.1, -0.05) is 89.0 Å². The van der Waals surface area contributed by atoms with Gasteiger partial charge in [0.05, 0.1) is 0 Å². The third kappa shape index (κ3) is 20.9. The zero-order valence-electron chi connectivity index (χ0n) is 16.0. The molecular formula is C22H40O2. The normalized spacial score (nSPS) is 11.7. The van der Waals surface area contributed by atoms with Crippen molar-refractivity contribution >= 4 is 5.97 Å². The number of rotatable bonds is 18. The van der Waals surface area contributed by atoms with E-state index in [0.717, 1.165) is 19.3 Å². The second kappa shape index (κ2) is 20.0. The maximum Gasteiger partial charge on any atom is 0.303 e. The average molecular weight is 337 g/mol. The van der Waals surface area contributed by atoms with Gasteiger partial charge in [-0.2, -0.15) is 0 Å². The van der Waals surface area contributed by atoms with Crippen molar-refractivity contribution in [1.29, 1.82) is 0 Å². The topological polar surface area (TPSA) is 37.3 Å². The molecule has 0 heterocycles. The zero-order chi connectivity index (χ0) is 17.7. The largest absolute Gasteiger partial charge is 0.481 e. The monoisotopic (exact) mass is 336 g/mol. The summed E-state index contributed by atoms with van der Waals surface area (Å²) in [7, 11) is 0. The van der Waals surface area contributed by atoms with Crippen LogP contribution in [0.25, 0.3) is 0 Å². The van der Waals surface area contributed by atoms with E-state index in [1.54, 1.807) is 0 Å². The minimum absolute atomic E-state index is 0.335. The summed E-state index contributed by atoms with van der Waals surface area (Å²) in [6.45, 7) is 2.25. The molecule has 2 heteroatoms. The molecule has 0 rings (SSSR count). The maximum absolute atomic E-state index is 10.4. The number of hydrogen-bond acceptors (Lipinski definition) is 1. The molecule has 0 spiro atoms. The molecule has 0 saturated heterocycles. The third-order valence-electron chi connectivity index (χ3n) is 4.34. The Morgan fingerprint density at radius 2 is 1.12 bits per heavy atom. The highest BCUT2D eigenvalue weighted by Crippen LogP contribution is 2.11. The Bertz CT molecular complexity index is 318. The van der Waals surface area contributed by atoms with Crippen molar-refractivity contribution in [2.75, 3.05) is 0 Å². The molecular weight excluding hydrogens is 296 g/mol. The summed E-state index contributed by atoms with van der Waals surface area (Å²) in [6, 6.07) is 0. The van der Waals surface area contributed by atoms with E-state index < -0.39 is 5.97 Å². The number of carboxylic acids is 1. The van der Waals surface area contributed by atoms with Crippen LogP contribution in [-0.2, 0) is 4.79 Å². The fourth-order valence-electron chi connectivity index (χ4n) is 2.79. The smallest absolute Gasteiger partial charge is 0.303 e. The van der Waals surface area contributed by atoms with Gasteiger partial charge in [-0.05, 0) is 38.5 Å². The van der Waals surface area contributed by atoms with Crippen LogP contribution in [-0.4, -0.2) is 11.1 Å². The Morgan fingerprint density at radius 1 is 0.667 bits per heavy atom. The molecule has 0 amide bonds. The van der Waals surface area contributed by atoms with Gasteiger partial charge >= 0.3 is 5.97 Å². The van der Waals surface area contributed by atoms with E-state index in [0.29, 0.717) is 6.42 Å². The Kier molecular flexibility index (Phi) is 19.1.